The summed E-state index contributed by atoms with van der Waals surface area (Å²) < 4.78 is 0. The third-order valence-corrected chi connectivity index (χ3v) is 4.41. The van der Waals surface area contributed by atoms with Crippen molar-refractivity contribution in [1.29, 1.82) is 0 Å². The lowest BCUT2D eigenvalue weighted by atomic mass is 9.92. The van der Waals surface area contributed by atoms with Crippen LogP contribution >= 0.6 is 0 Å². The number of carbonyl (C=O) groups is 1. The van der Waals surface area contributed by atoms with Crippen LogP contribution in [0.2, 0.25) is 0 Å². The van der Waals surface area contributed by atoms with Crippen LogP contribution in [0.15, 0.2) is 12.3 Å². The van der Waals surface area contributed by atoms with E-state index < -0.39 is 4.92 Å². The van der Waals surface area contributed by atoms with Crippen LogP contribution in [0.25, 0.3) is 0 Å². The fraction of sp³-hybridized carbons (Fsp3) is 0.647. The molecule has 1 aliphatic heterocycles. The fourth-order valence-corrected chi connectivity index (χ4v) is 3.43. The van der Waals surface area contributed by atoms with Gasteiger partial charge < -0.3 is 10.2 Å². The van der Waals surface area contributed by atoms with Crippen LogP contribution in [0, 0.1) is 28.9 Å². The Morgan fingerprint density at radius 2 is 2.08 bits per heavy atom. The minimum Gasteiger partial charge on any atom is -0.352 e. The number of nitrogens with zero attached hydrogens (tertiary/aromatic N) is 3. The zero-order chi connectivity index (χ0) is 17.7. The van der Waals surface area contributed by atoms with Crippen LogP contribution in [0.1, 0.15) is 42.7 Å². The van der Waals surface area contributed by atoms with Gasteiger partial charge in [0.25, 0.3) is 11.6 Å². The molecular formula is C17H26N4O3. The van der Waals surface area contributed by atoms with Crippen molar-refractivity contribution >= 4 is 11.6 Å². The van der Waals surface area contributed by atoms with Gasteiger partial charge in [-0.25, -0.2) is 0 Å². The second-order valence-corrected chi connectivity index (χ2v) is 6.90. The van der Waals surface area contributed by atoms with Gasteiger partial charge in [0, 0.05) is 25.7 Å². The van der Waals surface area contributed by atoms with Crippen LogP contribution in [-0.4, -0.2) is 46.9 Å². The largest absolute Gasteiger partial charge is 0.352 e. The molecule has 2 heterocycles. The normalized spacial score (nSPS) is 21.5. The van der Waals surface area contributed by atoms with Crippen molar-refractivity contribution in [2.45, 2.75) is 33.6 Å². The van der Waals surface area contributed by atoms with Crippen molar-refractivity contribution in [2.75, 3.05) is 26.2 Å². The number of amides is 1. The predicted molar refractivity (Wildman–Crippen MR) is 92.0 cm³/mol. The second-order valence-electron chi connectivity index (χ2n) is 6.90. The number of piperidine rings is 1. The number of aromatic nitrogens is 1. The molecule has 1 N–H and O–H groups in total. The third-order valence-electron chi connectivity index (χ3n) is 4.41. The van der Waals surface area contributed by atoms with Crippen molar-refractivity contribution < 1.29 is 9.72 Å². The number of nitro groups is 1. The molecule has 2 rings (SSSR count). The van der Waals surface area contributed by atoms with E-state index in [1.165, 1.54) is 18.7 Å². The molecule has 1 fully saturated rings. The molecule has 1 aromatic rings. The van der Waals surface area contributed by atoms with E-state index in [9.17, 15) is 14.9 Å². The minimum atomic E-state index is -0.540. The number of carbonyl (C=O) groups excluding carboxylic acids is 1. The summed E-state index contributed by atoms with van der Waals surface area (Å²) in [6.45, 7) is 9.99. The molecule has 7 nitrogen and oxygen atoms in total. The van der Waals surface area contributed by atoms with Gasteiger partial charge in [-0.3, -0.25) is 19.9 Å². The number of rotatable bonds is 6. The lowest BCUT2D eigenvalue weighted by Crippen LogP contribution is -2.40. The average molecular weight is 334 g/mol. The maximum absolute atomic E-state index is 12.2. The summed E-state index contributed by atoms with van der Waals surface area (Å²) in [5, 5.41) is 13.6. The first-order chi connectivity index (χ1) is 11.4. The Balaban J connectivity index is 1.81. The average Bonchev–Trinajstić information content (AvgIpc) is 2.50. The quantitative estimate of drug-likeness (QED) is 0.490. The lowest BCUT2D eigenvalue weighted by Gasteiger charge is -2.34. The first kappa shape index (κ1) is 18.3. The summed E-state index contributed by atoms with van der Waals surface area (Å²) in [6, 6.07) is 1.28. The van der Waals surface area contributed by atoms with Gasteiger partial charge in [-0.1, -0.05) is 13.8 Å². The molecule has 1 aliphatic rings. The van der Waals surface area contributed by atoms with Crippen LogP contribution in [-0.2, 0) is 0 Å². The van der Waals surface area contributed by atoms with Gasteiger partial charge in [-0.15, -0.1) is 0 Å². The highest BCUT2D eigenvalue weighted by atomic mass is 16.6. The number of hydrogen-bond donors (Lipinski definition) is 1. The van der Waals surface area contributed by atoms with Gasteiger partial charge in [0.1, 0.15) is 6.20 Å². The molecule has 1 aromatic heterocycles. The molecule has 0 unspecified atom stereocenters. The third kappa shape index (κ3) is 4.99. The minimum absolute atomic E-state index is 0.165. The predicted octanol–water partition coefficient (Wildman–Crippen LogP) is 2.40. The van der Waals surface area contributed by atoms with Crippen LogP contribution in [0.4, 0.5) is 5.69 Å². The Morgan fingerprint density at radius 1 is 1.42 bits per heavy atom. The van der Waals surface area contributed by atoms with Crippen molar-refractivity contribution in [1.82, 2.24) is 15.2 Å². The molecule has 24 heavy (non-hydrogen) atoms. The lowest BCUT2D eigenvalue weighted by molar-refractivity contribution is -0.385. The molecule has 2 atom stereocenters. The molecule has 0 aromatic carbocycles. The highest BCUT2D eigenvalue weighted by Gasteiger charge is 2.21. The first-order valence-corrected chi connectivity index (χ1v) is 8.48. The SMILES string of the molecule is Cc1ncc([N+](=O)[O-])cc1C(=O)NCCCN1C[C@H](C)C[C@@H](C)C1. The molecule has 7 heteroatoms. The monoisotopic (exact) mass is 334 g/mol. The molecule has 132 valence electrons. The zero-order valence-corrected chi connectivity index (χ0v) is 14.6. The zero-order valence-electron chi connectivity index (χ0n) is 14.6. The Kier molecular flexibility index (Phi) is 6.25. The van der Waals surface area contributed by atoms with Crippen LogP contribution in [0.3, 0.4) is 0 Å². The van der Waals surface area contributed by atoms with E-state index in [4.69, 9.17) is 0 Å². The van der Waals surface area contributed by atoms with Crippen molar-refractivity contribution in [2.24, 2.45) is 11.8 Å². The highest BCUT2D eigenvalue weighted by Crippen LogP contribution is 2.20. The molecule has 1 saturated heterocycles. The van der Waals surface area contributed by atoms with E-state index >= 15 is 0 Å². The van der Waals surface area contributed by atoms with Gasteiger partial charge in [0.05, 0.1) is 16.2 Å². The smallest absolute Gasteiger partial charge is 0.288 e. The molecule has 0 spiro atoms. The summed E-state index contributed by atoms with van der Waals surface area (Å²) in [5.41, 5.74) is 0.600. The summed E-state index contributed by atoms with van der Waals surface area (Å²) in [7, 11) is 0. The maximum atomic E-state index is 12.2. The number of hydrogen-bond acceptors (Lipinski definition) is 5. The molecule has 0 bridgehead atoms. The van der Waals surface area contributed by atoms with E-state index in [1.54, 1.807) is 6.92 Å². The summed E-state index contributed by atoms with van der Waals surface area (Å²) in [4.78, 5) is 28.9. The molecule has 0 radical (unpaired) electrons. The van der Waals surface area contributed by atoms with E-state index in [2.05, 4.69) is 29.0 Å². The van der Waals surface area contributed by atoms with Crippen molar-refractivity contribution in [3.8, 4) is 0 Å². The van der Waals surface area contributed by atoms with Crippen molar-refractivity contribution in [3.05, 3.63) is 33.6 Å². The van der Waals surface area contributed by atoms with Gasteiger partial charge in [-0.2, -0.15) is 0 Å². The van der Waals surface area contributed by atoms with Gasteiger partial charge in [-0.05, 0) is 38.1 Å². The fourth-order valence-electron chi connectivity index (χ4n) is 3.43. The summed E-state index contributed by atoms with van der Waals surface area (Å²) in [6.07, 6.45) is 3.32. The van der Waals surface area contributed by atoms with Crippen LogP contribution in [0.5, 0.6) is 0 Å². The topological polar surface area (TPSA) is 88.4 Å². The summed E-state index contributed by atoms with van der Waals surface area (Å²) >= 11 is 0. The Labute approximate surface area is 142 Å². The first-order valence-electron chi connectivity index (χ1n) is 8.48. The molecule has 0 aliphatic carbocycles. The standard InChI is InChI=1S/C17H26N4O3/c1-12-7-13(2)11-20(10-12)6-4-5-18-17(22)16-8-15(21(23)24)9-19-14(16)3/h8-9,12-13H,4-7,10-11H2,1-3H3,(H,18,22)/t12-,13-/m1/s1. The Hall–Kier alpha value is -2.02. The molecule has 1 amide bonds. The van der Waals surface area contributed by atoms with Crippen molar-refractivity contribution in [3.63, 3.8) is 0 Å². The van der Waals surface area contributed by atoms with Gasteiger partial charge in [0.2, 0.25) is 0 Å². The van der Waals surface area contributed by atoms with E-state index in [1.807, 2.05) is 0 Å². The Bertz CT molecular complexity index is 595. The van der Waals surface area contributed by atoms with E-state index in [-0.39, 0.29) is 17.2 Å². The number of nitrogens with one attached hydrogen (secondary N) is 1. The summed E-state index contributed by atoms with van der Waals surface area (Å²) in [5.74, 6) is 1.15. The van der Waals surface area contributed by atoms with Crippen LogP contribution < -0.4 is 5.32 Å². The van der Waals surface area contributed by atoms with Gasteiger partial charge >= 0.3 is 0 Å². The van der Waals surface area contributed by atoms with E-state index in [0.717, 1.165) is 37.9 Å². The number of pyridine rings is 1. The number of likely N-dealkylation sites (tertiary alicyclic amines) is 1. The van der Waals surface area contributed by atoms with E-state index in [0.29, 0.717) is 12.2 Å². The molecular weight excluding hydrogens is 308 g/mol. The highest BCUT2D eigenvalue weighted by molar-refractivity contribution is 5.95. The number of aryl methyl sites for hydroxylation is 1. The maximum Gasteiger partial charge on any atom is 0.288 e. The molecule has 0 saturated carbocycles. The van der Waals surface area contributed by atoms with Gasteiger partial charge in [0.15, 0.2) is 0 Å². The Morgan fingerprint density at radius 3 is 2.71 bits per heavy atom. The second kappa shape index (κ2) is 8.19.